The lowest BCUT2D eigenvalue weighted by molar-refractivity contribution is 0.572. The van der Waals surface area contributed by atoms with Gasteiger partial charge in [0.25, 0.3) is 6.71 Å². The second-order valence-electron chi connectivity index (χ2n) is 20.7. The molecule has 2 aliphatic heterocycles. The number of benzene rings is 9. The Kier molecular flexibility index (Phi) is 10.0. The number of hydrogen-bond donors (Lipinski definition) is 0. The smallest absolute Gasteiger partial charge is 0.252 e. The second kappa shape index (κ2) is 16.3. The van der Waals surface area contributed by atoms with Crippen LogP contribution in [0.1, 0.15) is 52.7 Å². The van der Waals surface area contributed by atoms with Crippen molar-refractivity contribution in [1.29, 1.82) is 0 Å². The molecule has 0 spiro atoms. The highest BCUT2D eigenvalue weighted by atomic mass is 16.3. The van der Waals surface area contributed by atoms with Gasteiger partial charge in [0.05, 0.1) is 18.2 Å². The Hall–Kier alpha value is -8.02. The van der Waals surface area contributed by atoms with Crippen molar-refractivity contribution in [3.8, 4) is 22.3 Å². The highest BCUT2D eigenvalue weighted by molar-refractivity contribution is 7.00. The topological polar surface area (TPSA) is 22.9 Å². The summed E-state index contributed by atoms with van der Waals surface area (Å²) >= 11 is 0. The van der Waals surface area contributed by atoms with Gasteiger partial charge in [-0.25, -0.2) is 0 Å². The number of furan rings is 1. The summed E-state index contributed by atoms with van der Waals surface area (Å²) in [5.41, 5.74) is 21.1. The maximum absolute atomic E-state index is 5.92. The molecule has 0 saturated heterocycles. The van der Waals surface area contributed by atoms with Gasteiger partial charge in [-0.1, -0.05) is 175 Å². The summed E-state index contributed by atoms with van der Waals surface area (Å²) in [7, 11) is 0. The summed E-state index contributed by atoms with van der Waals surface area (Å²) in [5.74, 6) is 0. The van der Waals surface area contributed by atoms with Crippen LogP contribution in [-0.4, -0.2) is 6.71 Å². The Labute approximate surface area is 406 Å². The molecule has 12 rings (SSSR count). The summed E-state index contributed by atoms with van der Waals surface area (Å²) in [6.07, 6.45) is 3.77. The number of anilines is 9. The van der Waals surface area contributed by atoms with E-state index in [1.54, 1.807) is 0 Å². The van der Waals surface area contributed by atoms with Crippen molar-refractivity contribution in [3.05, 3.63) is 230 Å². The Morgan fingerprint density at radius 3 is 1.51 bits per heavy atom. The lowest BCUT2D eigenvalue weighted by Crippen LogP contribution is -2.61. The minimum absolute atomic E-state index is 0.000353. The summed E-state index contributed by atoms with van der Waals surface area (Å²) in [6, 6.07) is 76.4. The molecule has 0 fully saturated rings. The van der Waals surface area contributed by atoms with E-state index in [-0.39, 0.29) is 17.5 Å². The molecule has 0 bridgehead atoms. The predicted molar refractivity (Wildman–Crippen MR) is 293 cm³/mol. The Bertz CT molecular complexity index is 3520. The van der Waals surface area contributed by atoms with E-state index in [4.69, 9.17) is 4.42 Å². The molecule has 9 aromatic carbocycles. The largest absolute Gasteiger partial charge is 0.471 e. The van der Waals surface area contributed by atoms with Crippen molar-refractivity contribution in [1.82, 2.24) is 0 Å². The summed E-state index contributed by atoms with van der Waals surface area (Å²) in [6.45, 7) is 13.8. The molecule has 0 radical (unpaired) electrons. The van der Waals surface area contributed by atoms with E-state index in [0.29, 0.717) is 0 Å². The lowest BCUT2D eigenvalue weighted by Gasteiger charge is -2.45. The molecular weight excluding hydrogens is 838 g/mol. The highest BCUT2D eigenvalue weighted by Crippen LogP contribution is 2.49. The van der Waals surface area contributed by atoms with Crippen LogP contribution in [0.3, 0.4) is 0 Å². The third-order valence-electron chi connectivity index (χ3n) is 14.2. The van der Waals surface area contributed by atoms with Gasteiger partial charge < -0.3 is 19.1 Å². The van der Waals surface area contributed by atoms with E-state index in [0.717, 1.165) is 61.6 Å². The van der Waals surface area contributed by atoms with Crippen LogP contribution in [0.25, 0.3) is 33.0 Å². The third kappa shape index (κ3) is 7.32. The monoisotopic (exact) mass is 891 g/mol. The highest BCUT2D eigenvalue weighted by Gasteiger charge is 2.44. The quantitative estimate of drug-likeness (QED) is 0.149. The fraction of sp³-hybridized carbons (Fsp3) is 0.125. The lowest BCUT2D eigenvalue weighted by atomic mass is 9.33. The van der Waals surface area contributed by atoms with Gasteiger partial charge in [-0.15, -0.1) is 0 Å². The SMILES string of the molecule is CC(C)(C)c1ccc(N(c2ccc3c(c2)N(c2ccccc2)c2cc(C(C)(C)C)cc4c2B3c2cc3cocc3cc2N4c2ccccc2)c2cc(-c3ccccc3)ccc2-c2ccccc2)cc1. The van der Waals surface area contributed by atoms with Gasteiger partial charge in [0, 0.05) is 61.8 Å². The van der Waals surface area contributed by atoms with E-state index < -0.39 is 0 Å². The van der Waals surface area contributed by atoms with Crippen LogP contribution in [0.2, 0.25) is 0 Å². The molecule has 4 nitrogen and oxygen atoms in total. The van der Waals surface area contributed by atoms with E-state index in [9.17, 15) is 0 Å². The van der Waals surface area contributed by atoms with Crippen molar-refractivity contribution < 1.29 is 4.42 Å². The maximum atomic E-state index is 5.92. The zero-order chi connectivity index (χ0) is 47.0. The first-order chi connectivity index (χ1) is 33.5. The maximum Gasteiger partial charge on any atom is 0.252 e. The molecule has 334 valence electrons. The zero-order valence-electron chi connectivity index (χ0n) is 40.1. The van der Waals surface area contributed by atoms with Gasteiger partial charge in [-0.05, 0) is 128 Å². The summed E-state index contributed by atoms with van der Waals surface area (Å²) < 4.78 is 5.92. The Balaban J connectivity index is 1.16. The summed E-state index contributed by atoms with van der Waals surface area (Å²) in [5, 5.41) is 2.18. The Morgan fingerprint density at radius 2 is 0.928 bits per heavy atom. The molecule has 10 aromatic rings. The van der Waals surface area contributed by atoms with Crippen LogP contribution >= 0.6 is 0 Å². The standard InChI is InChI=1S/C64H54BN3O/c1-63(2,3)48-28-30-52(31-29-48)66(57-36-45(43-19-11-7-12-20-43)27-33-54(57)44-21-13-8-14-22-44)53-32-34-55-59(40-53)68(51-25-17-10-18-26-51)61-39-49(64(4,5)6)38-60-62(61)65(55)56-35-46-41-69-42-47(46)37-58(56)67(60)50-23-15-9-16-24-50/h7-42H,1-6H3. The molecule has 2 aliphatic rings. The van der Waals surface area contributed by atoms with Gasteiger partial charge in [-0.3, -0.25) is 0 Å². The average molecular weight is 892 g/mol. The molecule has 0 N–H and O–H groups in total. The van der Waals surface area contributed by atoms with E-state index in [1.807, 2.05) is 12.5 Å². The predicted octanol–water partition coefficient (Wildman–Crippen LogP) is 15.9. The normalized spacial score (nSPS) is 13.0. The van der Waals surface area contributed by atoms with Crippen LogP contribution in [0.5, 0.6) is 0 Å². The molecule has 69 heavy (non-hydrogen) atoms. The molecule has 0 saturated carbocycles. The average Bonchev–Trinajstić information content (AvgIpc) is 3.84. The Morgan fingerprint density at radius 1 is 0.406 bits per heavy atom. The van der Waals surface area contributed by atoms with E-state index >= 15 is 0 Å². The van der Waals surface area contributed by atoms with Crippen LogP contribution in [0.4, 0.5) is 51.2 Å². The summed E-state index contributed by atoms with van der Waals surface area (Å²) in [4.78, 5) is 7.51. The second-order valence-corrected chi connectivity index (χ2v) is 20.7. The molecule has 5 heteroatoms. The first kappa shape index (κ1) is 42.3. The molecule has 0 atom stereocenters. The van der Waals surface area contributed by atoms with E-state index in [2.05, 4.69) is 262 Å². The first-order valence-electron chi connectivity index (χ1n) is 24.2. The van der Waals surface area contributed by atoms with Gasteiger partial charge >= 0.3 is 0 Å². The molecular formula is C64H54BN3O. The van der Waals surface area contributed by atoms with Crippen molar-refractivity contribution >= 4 is 85.1 Å². The number of hydrogen-bond acceptors (Lipinski definition) is 4. The van der Waals surface area contributed by atoms with Crippen molar-refractivity contribution in [2.75, 3.05) is 14.7 Å². The molecule has 3 heterocycles. The number of fused-ring (bicyclic) bond motifs is 5. The van der Waals surface area contributed by atoms with Crippen molar-refractivity contribution in [3.63, 3.8) is 0 Å². The number of nitrogens with zero attached hydrogens (tertiary/aromatic N) is 3. The van der Waals surface area contributed by atoms with Gasteiger partial charge in [-0.2, -0.15) is 0 Å². The minimum atomic E-state index is -0.143. The van der Waals surface area contributed by atoms with Crippen LogP contribution in [0, 0.1) is 0 Å². The number of para-hydroxylation sites is 2. The third-order valence-corrected chi connectivity index (χ3v) is 14.2. The van der Waals surface area contributed by atoms with Crippen LogP contribution < -0.4 is 31.1 Å². The first-order valence-corrected chi connectivity index (χ1v) is 24.2. The fourth-order valence-corrected chi connectivity index (χ4v) is 10.7. The molecule has 0 unspecified atom stereocenters. The van der Waals surface area contributed by atoms with Crippen LogP contribution in [-0.2, 0) is 10.8 Å². The van der Waals surface area contributed by atoms with Crippen molar-refractivity contribution in [2.24, 2.45) is 0 Å². The minimum Gasteiger partial charge on any atom is -0.471 e. The van der Waals surface area contributed by atoms with Gasteiger partial charge in [0.15, 0.2) is 0 Å². The number of rotatable bonds is 7. The fourth-order valence-electron chi connectivity index (χ4n) is 10.7. The van der Waals surface area contributed by atoms with E-state index in [1.165, 1.54) is 50.1 Å². The van der Waals surface area contributed by atoms with Gasteiger partial charge in [0.2, 0.25) is 0 Å². The molecule has 0 aliphatic carbocycles. The molecule has 1 aromatic heterocycles. The molecule has 0 amide bonds. The van der Waals surface area contributed by atoms with Crippen LogP contribution in [0.15, 0.2) is 223 Å². The van der Waals surface area contributed by atoms with Gasteiger partial charge in [0.1, 0.15) is 0 Å². The van der Waals surface area contributed by atoms with Crippen molar-refractivity contribution in [2.45, 2.75) is 52.4 Å². The zero-order valence-corrected chi connectivity index (χ0v) is 40.1.